The predicted octanol–water partition coefficient (Wildman–Crippen LogP) is 4.23. The van der Waals surface area contributed by atoms with Crippen molar-refractivity contribution in [2.24, 2.45) is 0 Å². The van der Waals surface area contributed by atoms with Gasteiger partial charge in [-0.2, -0.15) is 0 Å². The molecule has 2 aromatic carbocycles. The van der Waals surface area contributed by atoms with Crippen molar-refractivity contribution in [2.75, 3.05) is 0 Å². The quantitative estimate of drug-likeness (QED) is 0.788. The number of carbonyl (C=O) groups is 1. The van der Waals surface area contributed by atoms with Crippen LogP contribution in [0, 0.1) is 0 Å². The van der Waals surface area contributed by atoms with E-state index >= 15 is 0 Å². The number of Topliss-reactive ketones (excluding diaryl/α,β-unsaturated/α-hetero) is 1. The maximum absolute atomic E-state index is 11.5. The van der Waals surface area contributed by atoms with Crippen LogP contribution in [0.25, 0.3) is 0 Å². The summed E-state index contributed by atoms with van der Waals surface area (Å²) in [7, 11) is 0. The van der Waals surface area contributed by atoms with Crippen molar-refractivity contribution < 1.29 is 14.3 Å². The number of ether oxygens (including phenoxy) is 2. The minimum Gasteiger partial charge on any atom is -0.483 e. The molecule has 0 aliphatic rings. The molecule has 0 spiro atoms. The van der Waals surface area contributed by atoms with Gasteiger partial charge in [-0.3, -0.25) is 4.79 Å². The molecule has 0 saturated carbocycles. The van der Waals surface area contributed by atoms with Crippen molar-refractivity contribution in [3.05, 3.63) is 54.6 Å². The van der Waals surface area contributed by atoms with Crippen molar-refractivity contribution in [2.45, 2.75) is 26.4 Å². The highest BCUT2D eigenvalue weighted by molar-refractivity contribution is 5.82. The summed E-state index contributed by atoms with van der Waals surface area (Å²) in [5, 5.41) is 0. The molecular formula is C17H18O3. The first-order valence-electron chi connectivity index (χ1n) is 6.71. The molecule has 0 heterocycles. The van der Waals surface area contributed by atoms with Gasteiger partial charge >= 0.3 is 0 Å². The number of para-hydroxylation sites is 1. The largest absolute Gasteiger partial charge is 0.483 e. The predicted molar refractivity (Wildman–Crippen MR) is 78.3 cm³/mol. The van der Waals surface area contributed by atoms with E-state index in [-0.39, 0.29) is 5.78 Å². The molecule has 1 unspecified atom stereocenters. The smallest absolute Gasteiger partial charge is 0.172 e. The fraction of sp³-hybridized carbons (Fsp3) is 0.235. The van der Waals surface area contributed by atoms with E-state index in [0.29, 0.717) is 12.2 Å². The Morgan fingerprint density at radius 3 is 2.10 bits per heavy atom. The van der Waals surface area contributed by atoms with E-state index < -0.39 is 6.10 Å². The van der Waals surface area contributed by atoms with Gasteiger partial charge in [-0.1, -0.05) is 25.1 Å². The summed E-state index contributed by atoms with van der Waals surface area (Å²) in [5.41, 5.74) is 0. The van der Waals surface area contributed by atoms with E-state index in [1.807, 2.05) is 49.4 Å². The lowest BCUT2D eigenvalue weighted by Gasteiger charge is -2.13. The number of rotatable bonds is 6. The summed E-state index contributed by atoms with van der Waals surface area (Å²) in [6, 6.07) is 16.8. The molecule has 0 radical (unpaired) electrons. The number of carbonyl (C=O) groups excluding carboxylic acids is 1. The van der Waals surface area contributed by atoms with Crippen LogP contribution in [0.15, 0.2) is 54.6 Å². The van der Waals surface area contributed by atoms with E-state index in [4.69, 9.17) is 9.47 Å². The summed E-state index contributed by atoms with van der Waals surface area (Å²) in [4.78, 5) is 11.5. The SMILES string of the molecule is CCC(=O)C(C)Oc1ccc(Oc2ccccc2)cc1. The normalized spacial score (nSPS) is 11.7. The standard InChI is InChI=1S/C17H18O3/c1-3-17(18)13(2)19-15-9-11-16(12-10-15)20-14-7-5-4-6-8-14/h4-13H,3H2,1-2H3. The Labute approximate surface area is 119 Å². The second-order valence-corrected chi connectivity index (χ2v) is 4.47. The Bertz CT molecular complexity index is 546. The molecule has 3 nitrogen and oxygen atoms in total. The molecule has 2 aromatic rings. The number of benzene rings is 2. The molecule has 0 N–H and O–H groups in total. The molecule has 0 amide bonds. The van der Waals surface area contributed by atoms with Crippen LogP contribution in [0.2, 0.25) is 0 Å². The fourth-order valence-corrected chi connectivity index (χ4v) is 1.77. The Morgan fingerprint density at radius 1 is 0.950 bits per heavy atom. The zero-order valence-electron chi connectivity index (χ0n) is 11.7. The number of hydrogen-bond acceptors (Lipinski definition) is 3. The van der Waals surface area contributed by atoms with Crippen molar-refractivity contribution in [1.29, 1.82) is 0 Å². The van der Waals surface area contributed by atoms with Crippen molar-refractivity contribution >= 4 is 5.78 Å². The molecule has 1 atom stereocenters. The molecule has 0 aromatic heterocycles. The van der Waals surface area contributed by atoms with Gasteiger partial charge < -0.3 is 9.47 Å². The summed E-state index contributed by atoms with van der Waals surface area (Å²) < 4.78 is 11.3. The van der Waals surface area contributed by atoms with Gasteiger partial charge in [0.15, 0.2) is 11.9 Å². The molecule has 0 aliphatic carbocycles. The van der Waals surface area contributed by atoms with Crippen LogP contribution in [0.1, 0.15) is 20.3 Å². The third kappa shape index (κ3) is 3.85. The molecule has 0 fully saturated rings. The van der Waals surface area contributed by atoms with Gasteiger partial charge in [-0.05, 0) is 43.3 Å². The highest BCUT2D eigenvalue weighted by Gasteiger charge is 2.12. The van der Waals surface area contributed by atoms with Crippen LogP contribution in [0.3, 0.4) is 0 Å². The number of hydrogen-bond donors (Lipinski definition) is 0. The van der Waals surface area contributed by atoms with Crippen LogP contribution < -0.4 is 9.47 Å². The molecule has 3 heteroatoms. The Morgan fingerprint density at radius 2 is 1.50 bits per heavy atom. The average molecular weight is 270 g/mol. The Hall–Kier alpha value is -2.29. The van der Waals surface area contributed by atoms with E-state index in [0.717, 1.165) is 11.5 Å². The maximum atomic E-state index is 11.5. The fourth-order valence-electron chi connectivity index (χ4n) is 1.77. The van der Waals surface area contributed by atoms with Crippen molar-refractivity contribution in [3.63, 3.8) is 0 Å². The first kappa shape index (κ1) is 14.1. The van der Waals surface area contributed by atoms with Crippen molar-refractivity contribution in [1.82, 2.24) is 0 Å². The Balaban J connectivity index is 1.98. The molecule has 104 valence electrons. The summed E-state index contributed by atoms with van der Waals surface area (Å²) >= 11 is 0. The van der Waals surface area contributed by atoms with Gasteiger partial charge in [0.05, 0.1) is 0 Å². The molecule has 0 bridgehead atoms. The first-order valence-corrected chi connectivity index (χ1v) is 6.71. The summed E-state index contributed by atoms with van der Waals surface area (Å²) in [6.07, 6.45) is 0.0667. The molecule has 20 heavy (non-hydrogen) atoms. The summed E-state index contributed by atoms with van der Waals surface area (Å²) in [6.45, 7) is 3.60. The van der Waals surface area contributed by atoms with E-state index in [1.165, 1.54) is 0 Å². The van der Waals surface area contributed by atoms with Gasteiger partial charge in [0.2, 0.25) is 0 Å². The lowest BCUT2D eigenvalue weighted by Crippen LogP contribution is -2.22. The molecule has 0 saturated heterocycles. The monoisotopic (exact) mass is 270 g/mol. The molecular weight excluding hydrogens is 252 g/mol. The van der Waals surface area contributed by atoms with E-state index in [9.17, 15) is 4.79 Å². The minimum absolute atomic E-state index is 0.0922. The number of ketones is 1. The third-order valence-electron chi connectivity index (χ3n) is 2.92. The second kappa shape index (κ2) is 6.75. The molecule has 2 rings (SSSR count). The van der Waals surface area contributed by atoms with Gasteiger partial charge in [-0.25, -0.2) is 0 Å². The summed E-state index contributed by atoms with van der Waals surface area (Å²) in [5.74, 6) is 2.28. The average Bonchev–Trinajstić information content (AvgIpc) is 2.49. The van der Waals surface area contributed by atoms with Gasteiger partial charge in [0, 0.05) is 6.42 Å². The minimum atomic E-state index is -0.416. The zero-order valence-corrected chi connectivity index (χ0v) is 11.7. The van der Waals surface area contributed by atoms with Gasteiger partial charge in [0.25, 0.3) is 0 Å². The lowest BCUT2D eigenvalue weighted by molar-refractivity contribution is -0.124. The van der Waals surface area contributed by atoms with Crippen LogP contribution in [-0.2, 0) is 4.79 Å². The van der Waals surface area contributed by atoms with Crippen LogP contribution in [0.5, 0.6) is 17.2 Å². The van der Waals surface area contributed by atoms with E-state index in [1.54, 1.807) is 19.1 Å². The van der Waals surface area contributed by atoms with Crippen molar-refractivity contribution in [3.8, 4) is 17.2 Å². The molecule has 0 aliphatic heterocycles. The van der Waals surface area contributed by atoms with Crippen LogP contribution in [0.4, 0.5) is 0 Å². The first-order chi connectivity index (χ1) is 9.69. The Kier molecular flexibility index (Phi) is 4.77. The zero-order chi connectivity index (χ0) is 14.4. The van der Waals surface area contributed by atoms with Crippen LogP contribution in [-0.4, -0.2) is 11.9 Å². The second-order valence-electron chi connectivity index (χ2n) is 4.47. The topological polar surface area (TPSA) is 35.5 Å². The van der Waals surface area contributed by atoms with Gasteiger partial charge in [-0.15, -0.1) is 0 Å². The highest BCUT2D eigenvalue weighted by atomic mass is 16.5. The third-order valence-corrected chi connectivity index (χ3v) is 2.92. The lowest BCUT2D eigenvalue weighted by atomic mass is 10.2. The van der Waals surface area contributed by atoms with Gasteiger partial charge in [0.1, 0.15) is 17.2 Å². The maximum Gasteiger partial charge on any atom is 0.172 e. The van der Waals surface area contributed by atoms with E-state index in [2.05, 4.69) is 0 Å². The highest BCUT2D eigenvalue weighted by Crippen LogP contribution is 2.24. The van der Waals surface area contributed by atoms with Crippen LogP contribution >= 0.6 is 0 Å².